The lowest BCUT2D eigenvalue weighted by atomic mass is 10.0. The highest BCUT2D eigenvalue weighted by molar-refractivity contribution is 5.82. The molecule has 0 aromatic carbocycles. The number of hydrogen-bond donors (Lipinski definition) is 2. The third-order valence-corrected chi connectivity index (χ3v) is 2.70. The van der Waals surface area contributed by atoms with Gasteiger partial charge in [-0.2, -0.15) is 0 Å². The summed E-state index contributed by atoms with van der Waals surface area (Å²) in [5.41, 5.74) is -0.368. The molecule has 0 aliphatic rings. The highest BCUT2D eigenvalue weighted by Crippen LogP contribution is 2.16. The fraction of sp³-hybridized carbons (Fsp3) is 0.846. The molecule has 1 amide bonds. The van der Waals surface area contributed by atoms with Gasteiger partial charge in [-0.05, 0) is 33.6 Å². The van der Waals surface area contributed by atoms with Crippen LogP contribution in [0.3, 0.4) is 0 Å². The van der Waals surface area contributed by atoms with Crippen molar-refractivity contribution in [1.82, 2.24) is 10.2 Å². The number of carboxylic acid groups (broad SMARTS) is 1. The monoisotopic (exact) mass is 258 g/mol. The summed E-state index contributed by atoms with van der Waals surface area (Å²) in [4.78, 5) is 24.5. The lowest BCUT2D eigenvalue weighted by Crippen LogP contribution is -2.55. The van der Waals surface area contributed by atoms with Crippen molar-refractivity contribution in [3.05, 3.63) is 0 Å². The van der Waals surface area contributed by atoms with Crippen LogP contribution in [-0.4, -0.2) is 46.6 Å². The second-order valence-corrected chi connectivity index (χ2v) is 6.01. The summed E-state index contributed by atoms with van der Waals surface area (Å²) in [5, 5.41) is 11.8. The smallest absolute Gasteiger partial charge is 0.317 e. The molecule has 0 aromatic rings. The number of hydrogen-bond acceptors (Lipinski definition) is 3. The molecule has 1 atom stereocenters. The number of nitrogens with zero attached hydrogens (tertiary/aromatic N) is 1. The van der Waals surface area contributed by atoms with E-state index in [1.54, 1.807) is 11.8 Å². The number of rotatable bonds is 6. The van der Waals surface area contributed by atoms with Gasteiger partial charge in [-0.1, -0.05) is 13.8 Å². The van der Waals surface area contributed by atoms with Crippen LogP contribution in [0.2, 0.25) is 0 Å². The molecule has 0 spiro atoms. The first-order valence-electron chi connectivity index (χ1n) is 6.32. The van der Waals surface area contributed by atoms with E-state index in [9.17, 15) is 9.59 Å². The summed E-state index contributed by atoms with van der Waals surface area (Å²) < 4.78 is 0. The van der Waals surface area contributed by atoms with Crippen molar-refractivity contribution in [2.75, 3.05) is 13.1 Å². The molecule has 0 aliphatic heterocycles. The van der Waals surface area contributed by atoms with Gasteiger partial charge < -0.3 is 10.4 Å². The molecule has 0 aliphatic carbocycles. The fourth-order valence-corrected chi connectivity index (χ4v) is 1.69. The predicted molar refractivity (Wildman–Crippen MR) is 71.4 cm³/mol. The van der Waals surface area contributed by atoms with E-state index < -0.39 is 12.0 Å². The van der Waals surface area contributed by atoms with E-state index >= 15 is 0 Å². The zero-order valence-electron chi connectivity index (χ0n) is 12.3. The van der Waals surface area contributed by atoms with E-state index in [1.165, 1.54) is 0 Å². The second-order valence-electron chi connectivity index (χ2n) is 6.01. The third-order valence-electron chi connectivity index (χ3n) is 2.70. The van der Waals surface area contributed by atoms with Crippen molar-refractivity contribution in [3.8, 4) is 0 Å². The van der Waals surface area contributed by atoms with Crippen LogP contribution < -0.4 is 5.32 Å². The lowest BCUT2D eigenvalue weighted by molar-refractivity contribution is -0.142. The maximum atomic E-state index is 12.0. The Morgan fingerprint density at radius 2 is 1.72 bits per heavy atom. The van der Waals surface area contributed by atoms with Crippen LogP contribution in [-0.2, 0) is 9.59 Å². The van der Waals surface area contributed by atoms with Gasteiger partial charge in [0, 0.05) is 12.1 Å². The van der Waals surface area contributed by atoms with Gasteiger partial charge in [-0.15, -0.1) is 0 Å². The maximum absolute atomic E-state index is 12.0. The van der Waals surface area contributed by atoms with Crippen molar-refractivity contribution >= 4 is 11.9 Å². The van der Waals surface area contributed by atoms with E-state index in [0.717, 1.165) is 0 Å². The lowest BCUT2D eigenvalue weighted by Gasteiger charge is -2.38. The Morgan fingerprint density at radius 1 is 1.22 bits per heavy atom. The summed E-state index contributed by atoms with van der Waals surface area (Å²) in [6, 6.07) is -0.458. The van der Waals surface area contributed by atoms with Crippen LogP contribution in [0.1, 0.15) is 41.5 Å². The number of aliphatic carboxylic acids is 1. The van der Waals surface area contributed by atoms with Gasteiger partial charge >= 0.3 is 5.97 Å². The highest BCUT2D eigenvalue weighted by Gasteiger charge is 2.31. The summed E-state index contributed by atoms with van der Waals surface area (Å²) in [7, 11) is 0. The number of amides is 1. The van der Waals surface area contributed by atoms with Crippen LogP contribution in [0.4, 0.5) is 0 Å². The Labute approximate surface area is 110 Å². The molecule has 5 heteroatoms. The van der Waals surface area contributed by atoms with Gasteiger partial charge in [0.2, 0.25) is 5.91 Å². The standard InChI is InChI=1S/C13H26N2O3/c1-9(2)7-14-12(18)10(3)15(8-11(16)17)13(4,5)6/h9-10H,7-8H2,1-6H3,(H,14,18)(H,16,17). The Balaban J connectivity index is 4.69. The van der Waals surface area contributed by atoms with E-state index in [4.69, 9.17) is 5.11 Å². The second kappa shape index (κ2) is 6.73. The first-order chi connectivity index (χ1) is 8.05. The fourth-order valence-electron chi connectivity index (χ4n) is 1.69. The molecular formula is C13H26N2O3. The molecule has 0 fully saturated rings. The van der Waals surface area contributed by atoms with Gasteiger partial charge in [0.05, 0.1) is 12.6 Å². The predicted octanol–water partition coefficient (Wildman–Crippen LogP) is 1.33. The van der Waals surface area contributed by atoms with E-state index in [0.29, 0.717) is 12.5 Å². The normalized spacial score (nSPS) is 13.8. The first-order valence-corrected chi connectivity index (χ1v) is 6.32. The minimum absolute atomic E-state index is 0.125. The summed E-state index contributed by atoms with van der Waals surface area (Å²) in [5.74, 6) is -0.669. The Morgan fingerprint density at radius 3 is 2.06 bits per heavy atom. The van der Waals surface area contributed by atoms with Gasteiger partial charge in [0.1, 0.15) is 0 Å². The third kappa shape index (κ3) is 6.00. The van der Waals surface area contributed by atoms with Crippen LogP contribution in [0.5, 0.6) is 0 Å². The average molecular weight is 258 g/mol. The van der Waals surface area contributed by atoms with Crippen molar-refractivity contribution in [2.45, 2.75) is 53.1 Å². The van der Waals surface area contributed by atoms with Crippen molar-refractivity contribution in [2.24, 2.45) is 5.92 Å². The molecule has 0 saturated carbocycles. The van der Waals surface area contributed by atoms with Gasteiger partial charge in [0.15, 0.2) is 0 Å². The number of carbonyl (C=O) groups excluding carboxylic acids is 1. The minimum Gasteiger partial charge on any atom is -0.480 e. The number of carbonyl (C=O) groups is 2. The minimum atomic E-state index is -0.923. The molecule has 106 valence electrons. The van der Waals surface area contributed by atoms with Gasteiger partial charge in [0.25, 0.3) is 0 Å². The molecule has 0 radical (unpaired) electrons. The van der Waals surface area contributed by atoms with Gasteiger partial charge in [-0.25, -0.2) is 0 Å². The molecule has 0 rings (SSSR count). The quantitative estimate of drug-likeness (QED) is 0.754. The Kier molecular flexibility index (Phi) is 6.32. The number of nitrogens with one attached hydrogen (secondary N) is 1. The Bertz CT molecular complexity index is 295. The summed E-state index contributed by atoms with van der Waals surface area (Å²) in [6.07, 6.45) is 0. The highest BCUT2D eigenvalue weighted by atomic mass is 16.4. The molecule has 0 heterocycles. The molecule has 5 nitrogen and oxygen atoms in total. The maximum Gasteiger partial charge on any atom is 0.317 e. The zero-order valence-corrected chi connectivity index (χ0v) is 12.3. The van der Waals surface area contributed by atoms with E-state index in [1.807, 2.05) is 34.6 Å². The average Bonchev–Trinajstić information content (AvgIpc) is 2.19. The van der Waals surface area contributed by atoms with Crippen LogP contribution in [0.25, 0.3) is 0 Å². The number of carboxylic acids is 1. The topological polar surface area (TPSA) is 69.6 Å². The van der Waals surface area contributed by atoms with E-state index in [-0.39, 0.29) is 18.0 Å². The van der Waals surface area contributed by atoms with Crippen LogP contribution in [0.15, 0.2) is 0 Å². The van der Waals surface area contributed by atoms with Crippen LogP contribution >= 0.6 is 0 Å². The first kappa shape index (κ1) is 16.9. The van der Waals surface area contributed by atoms with E-state index in [2.05, 4.69) is 5.32 Å². The zero-order chi connectivity index (χ0) is 14.5. The Hall–Kier alpha value is -1.10. The van der Waals surface area contributed by atoms with Gasteiger partial charge in [-0.3, -0.25) is 14.5 Å². The van der Waals surface area contributed by atoms with Crippen molar-refractivity contribution in [3.63, 3.8) is 0 Å². The van der Waals surface area contributed by atoms with Crippen LogP contribution in [0, 0.1) is 5.92 Å². The molecule has 1 unspecified atom stereocenters. The largest absolute Gasteiger partial charge is 0.480 e. The SMILES string of the molecule is CC(C)CNC(=O)C(C)N(CC(=O)O)C(C)(C)C. The molecule has 2 N–H and O–H groups in total. The van der Waals surface area contributed by atoms with Crippen molar-refractivity contribution in [1.29, 1.82) is 0 Å². The summed E-state index contributed by atoms with van der Waals surface area (Å²) in [6.45, 7) is 12.0. The molecule has 0 bridgehead atoms. The van der Waals surface area contributed by atoms with Crippen molar-refractivity contribution < 1.29 is 14.7 Å². The molecular weight excluding hydrogens is 232 g/mol. The molecule has 0 saturated heterocycles. The summed E-state index contributed by atoms with van der Waals surface area (Å²) >= 11 is 0. The molecule has 18 heavy (non-hydrogen) atoms. The molecule has 0 aromatic heterocycles.